The van der Waals surface area contributed by atoms with Gasteiger partial charge in [0.15, 0.2) is 0 Å². The van der Waals surface area contributed by atoms with E-state index in [0.717, 1.165) is 6.54 Å². The van der Waals surface area contributed by atoms with Crippen molar-refractivity contribution in [2.24, 2.45) is 11.3 Å². The Bertz CT molecular complexity index is 297. The van der Waals surface area contributed by atoms with Crippen LogP contribution in [0.15, 0.2) is 0 Å². The Labute approximate surface area is 97.6 Å². The van der Waals surface area contributed by atoms with E-state index in [2.05, 4.69) is 18.7 Å². The van der Waals surface area contributed by atoms with E-state index in [0.29, 0.717) is 13.0 Å². The van der Waals surface area contributed by atoms with Crippen LogP contribution in [-0.2, 0) is 9.59 Å². The fourth-order valence-electron chi connectivity index (χ4n) is 2.35. The highest BCUT2D eigenvalue weighted by atomic mass is 16.2. The Morgan fingerprint density at radius 2 is 1.94 bits per heavy atom. The van der Waals surface area contributed by atoms with Crippen molar-refractivity contribution in [2.45, 2.75) is 27.2 Å². The van der Waals surface area contributed by atoms with E-state index >= 15 is 0 Å². The average Bonchev–Trinajstić information content (AvgIpc) is 2.29. The van der Waals surface area contributed by atoms with Crippen LogP contribution in [0.5, 0.6) is 0 Å². The van der Waals surface area contributed by atoms with Crippen molar-refractivity contribution in [1.82, 2.24) is 9.80 Å². The summed E-state index contributed by atoms with van der Waals surface area (Å²) in [6, 6.07) is 0. The first-order valence-corrected chi connectivity index (χ1v) is 5.72. The summed E-state index contributed by atoms with van der Waals surface area (Å²) in [6.45, 7) is 7.36. The number of carbonyl (C=O) groups is 2. The van der Waals surface area contributed by atoms with Gasteiger partial charge in [0, 0.05) is 25.4 Å². The molecule has 0 aliphatic carbocycles. The zero-order valence-corrected chi connectivity index (χ0v) is 10.9. The second kappa shape index (κ2) is 4.53. The number of imide groups is 1. The zero-order chi connectivity index (χ0) is 12.5. The first-order chi connectivity index (χ1) is 7.23. The smallest absolute Gasteiger partial charge is 0.232 e. The third-order valence-electron chi connectivity index (χ3n) is 2.80. The highest BCUT2D eigenvalue weighted by molar-refractivity contribution is 6.03. The molecule has 0 radical (unpaired) electrons. The van der Waals surface area contributed by atoms with Crippen LogP contribution in [0.1, 0.15) is 27.2 Å². The standard InChI is InChI=1S/C12H22N2O2/c1-9-6-10(15)14(11(9)16)8-12(2,3)7-13(4)5/h9H,6-8H2,1-5H3. The Morgan fingerprint density at radius 3 is 2.31 bits per heavy atom. The van der Waals surface area contributed by atoms with Crippen molar-refractivity contribution in [3.8, 4) is 0 Å². The van der Waals surface area contributed by atoms with E-state index in [1.807, 2.05) is 21.0 Å². The molecule has 0 aromatic carbocycles. The van der Waals surface area contributed by atoms with Crippen LogP contribution in [0.4, 0.5) is 0 Å². The number of rotatable bonds is 4. The molecular formula is C12H22N2O2. The molecule has 0 N–H and O–H groups in total. The molecule has 4 heteroatoms. The van der Waals surface area contributed by atoms with Gasteiger partial charge in [-0.2, -0.15) is 0 Å². The average molecular weight is 226 g/mol. The van der Waals surface area contributed by atoms with Crippen molar-refractivity contribution < 1.29 is 9.59 Å². The first kappa shape index (κ1) is 13.2. The van der Waals surface area contributed by atoms with E-state index in [1.54, 1.807) is 0 Å². The SMILES string of the molecule is CC1CC(=O)N(CC(C)(C)CN(C)C)C1=O. The maximum atomic E-state index is 11.8. The number of hydrogen-bond donors (Lipinski definition) is 0. The second-order valence-electron chi connectivity index (χ2n) is 5.83. The van der Waals surface area contributed by atoms with Crippen LogP contribution in [0.25, 0.3) is 0 Å². The Hall–Kier alpha value is -0.900. The fourth-order valence-corrected chi connectivity index (χ4v) is 2.35. The van der Waals surface area contributed by atoms with Gasteiger partial charge in [0.2, 0.25) is 11.8 Å². The quantitative estimate of drug-likeness (QED) is 0.671. The van der Waals surface area contributed by atoms with Crippen LogP contribution in [0.2, 0.25) is 0 Å². The molecule has 1 unspecified atom stereocenters. The normalized spacial score (nSPS) is 22.4. The minimum absolute atomic E-state index is 0.0168. The minimum atomic E-state index is -0.136. The summed E-state index contributed by atoms with van der Waals surface area (Å²) in [6.07, 6.45) is 0.372. The lowest BCUT2D eigenvalue weighted by molar-refractivity contribution is -0.141. The molecule has 1 atom stereocenters. The number of likely N-dealkylation sites (tertiary alicyclic amines) is 1. The van der Waals surface area contributed by atoms with Crippen LogP contribution in [0, 0.1) is 11.3 Å². The zero-order valence-electron chi connectivity index (χ0n) is 10.9. The van der Waals surface area contributed by atoms with Gasteiger partial charge in [-0.05, 0) is 19.5 Å². The number of carbonyl (C=O) groups excluding carboxylic acids is 2. The summed E-state index contributed by atoms with van der Waals surface area (Å²) in [5, 5.41) is 0. The molecule has 92 valence electrons. The first-order valence-electron chi connectivity index (χ1n) is 5.72. The van der Waals surface area contributed by atoms with Crippen molar-refractivity contribution in [3.05, 3.63) is 0 Å². The molecule has 1 heterocycles. The van der Waals surface area contributed by atoms with Gasteiger partial charge in [-0.15, -0.1) is 0 Å². The molecular weight excluding hydrogens is 204 g/mol. The second-order valence-corrected chi connectivity index (χ2v) is 5.83. The van der Waals surface area contributed by atoms with Gasteiger partial charge >= 0.3 is 0 Å². The van der Waals surface area contributed by atoms with E-state index in [4.69, 9.17) is 0 Å². The topological polar surface area (TPSA) is 40.6 Å². The van der Waals surface area contributed by atoms with Crippen molar-refractivity contribution in [2.75, 3.05) is 27.2 Å². The Balaban J connectivity index is 2.66. The Kier molecular flexibility index (Phi) is 3.73. The lowest BCUT2D eigenvalue weighted by atomic mass is 9.92. The fraction of sp³-hybridized carbons (Fsp3) is 0.833. The molecule has 1 rings (SSSR count). The van der Waals surface area contributed by atoms with E-state index in [1.165, 1.54) is 4.90 Å². The third-order valence-corrected chi connectivity index (χ3v) is 2.80. The maximum absolute atomic E-state index is 11.8. The molecule has 0 saturated carbocycles. The van der Waals surface area contributed by atoms with Crippen LogP contribution < -0.4 is 0 Å². The van der Waals surface area contributed by atoms with Crippen LogP contribution in [0.3, 0.4) is 0 Å². The lowest BCUT2D eigenvalue weighted by Gasteiger charge is -2.31. The van der Waals surface area contributed by atoms with Crippen molar-refractivity contribution >= 4 is 11.8 Å². The van der Waals surface area contributed by atoms with Crippen LogP contribution in [-0.4, -0.2) is 48.8 Å². The predicted octanol–water partition coefficient (Wildman–Crippen LogP) is 0.969. The molecule has 0 bridgehead atoms. The van der Waals surface area contributed by atoms with Crippen molar-refractivity contribution in [1.29, 1.82) is 0 Å². The van der Waals surface area contributed by atoms with Crippen molar-refractivity contribution in [3.63, 3.8) is 0 Å². The summed E-state index contributed by atoms with van der Waals surface area (Å²) < 4.78 is 0. The largest absolute Gasteiger partial charge is 0.309 e. The van der Waals surface area contributed by atoms with Gasteiger partial charge in [-0.1, -0.05) is 20.8 Å². The van der Waals surface area contributed by atoms with E-state index < -0.39 is 0 Å². The van der Waals surface area contributed by atoms with Gasteiger partial charge in [-0.25, -0.2) is 0 Å². The molecule has 0 spiro atoms. The molecule has 0 aromatic heterocycles. The number of amides is 2. The van der Waals surface area contributed by atoms with E-state index in [-0.39, 0.29) is 23.1 Å². The van der Waals surface area contributed by atoms with Crippen LogP contribution >= 0.6 is 0 Å². The summed E-state index contributed by atoms with van der Waals surface area (Å²) >= 11 is 0. The van der Waals surface area contributed by atoms with Gasteiger partial charge < -0.3 is 4.90 Å². The van der Waals surface area contributed by atoms with Gasteiger partial charge in [0.25, 0.3) is 0 Å². The number of nitrogens with zero attached hydrogens (tertiary/aromatic N) is 2. The van der Waals surface area contributed by atoms with Gasteiger partial charge in [0.1, 0.15) is 0 Å². The molecule has 0 aromatic rings. The number of hydrogen-bond acceptors (Lipinski definition) is 3. The Morgan fingerprint density at radius 1 is 1.38 bits per heavy atom. The molecule has 1 fully saturated rings. The molecule has 2 amide bonds. The lowest BCUT2D eigenvalue weighted by Crippen LogP contribution is -2.42. The van der Waals surface area contributed by atoms with E-state index in [9.17, 15) is 9.59 Å². The summed E-state index contributed by atoms with van der Waals surface area (Å²) in [4.78, 5) is 26.9. The molecule has 1 aliphatic rings. The highest BCUT2D eigenvalue weighted by Crippen LogP contribution is 2.25. The highest BCUT2D eigenvalue weighted by Gasteiger charge is 2.38. The molecule has 4 nitrogen and oxygen atoms in total. The van der Waals surface area contributed by atoms with Gasteiger partial charge in [0.05, 0.1) is 0 Å². The third kappa shape index (κ3) is 3.04. The van der Waals surface area contributed by atoms with Gasteiger partial charge in [-0.3, -0.25) is 14.5 Å². The monoisotopic (exact) mass is 226 g/mol. The summed E-state index contributed by atoms with van der Waals surface area (Å²) in [5.41, 5.74) is -0.0567. The molecule has 1 aliphatic heterocycles. The predicted molar refractivity (Wildman–Crippen MR) is 62.8 cm³/mol. The minimum Gasteiger partial charge on any atom is -0.309 e. The molecule has 1 saturated heterocycles. The summed E-state index contributed by atoms with van der Waals surface area (Å²) in [5.74, 6) is -0.177. The molecule has 16 heavy (non-hydrogen) atoms. The maximum Gasteiger partial charge on any atom is 0.232 e. The summed E-state index contributed by atoms with van der Waals surface area (Å²) in [7, 11) is 4.00.